The van der Waals surface area contributed by atoms with Gasteiger partial charge in [-0.05, 0) is 18.2 Å². The molecule has 0 atom stereocenters. The molecule has 1 rings (SSSR count). The van der Waals surface area contributed by atoms with Crippen LogP contribution in [0.5, 0.6) is 0 Å². The van der Waals surface area contributed by atoms with Crippen LogP contribution in [-0.4, -0.2) is 37.8 Å². The van der Waals surface area contributed by atoms with Crippen molar-refractivity contribution in [2.24, 2.45) is 5.10 Å². The first-order valence-corrected chi connectivity index (χ1v) is 7.11. The van der Waals surface area contributed by atoms with Crippen molar-refractivity contribution in [2.45, 2.75) is 18.8 Å². The van der Waals surface area contributed by atoms with Crippen molar-refractivity contribution in [3.8, 4) is 0 Å². The van der Waals surface area contributed by atoms with E-state index in [1.807, 2.05) is 0 Å². The molecule has 0 aliphatic heterocycles. The summed E-state index contributed by atoms with van der Waals surface area (Å²) in [5, 5.41) is 3.22. The summed E-state index contributed by atoms with van der Waals surface area (Å²) in [4.78, 5) is 34.6. The molecule has 1 amide bonds. The zero-order valence-electron chi connectivity index (χ0n) is 14.2. The summed E-state index contributed by atoms with van der Waals surface area (Å²) in [6.07, 6.45) is -11.1. The van der Waals surface area contributed by atoms with E-state index in [9.17, 15) is 40.7 Å². The van der Waals surface area contributed by atoms with Gasteiger partial charge in [0.25, 0.3) is 5.91 Å². The highest BCUT2D eigenvalue weighted by Crippen LogP contribution is 2.36. The highest BCUT2D eigenvalue weighted by atomic mass is 19.4. The third kappa shape index (κ3) is 6.25. The van der Waals surface area contributed by atoms with Gasteiger partial charge in [0, 0.05) is 5.56 Å². The molecule has 0 radical (unpaired) electrons. The van der Waals surface area contributed by atoms with Crippen molar-refractivity contribution in [3.63, 3.8) is 0 Å². The second-order valence-corrected chi connectivity index (χ2v) is 5.04. The quantitative estimate of drug-likeness (QED) is 0.346. The van der Waals surface area contributed by atoms with Crippen molar-refractivity contribution >= 4 is 23.6 Å². The van der Waals surface area contributed by atoms with Gasteiger partial charge >= 0.3 is 24.3 Å². The summed E-state index contributed by atoms with van der Waals surface area (Å²) in [6, 6.07) is 0.202. The average Bonchev–Trinajstić information content (AvgIpc) is 2.61. The molecule has 154 valence electrons. The molecule has 0 saturated carbocycles. The molecule has 1 aromatic rings. The number of rotatable bonds is 5. The van der Waals surface area contributed by atoms with Gasteiger partial charge in [0.05, 0.1) is 31.8 Å². The molecule has 1 N–H and O–H groups in total. The Labute approximate surface area is 153 Å². The fraction of sp³-hybridized carbons (Fsp3) is 0.333. The maximum atomic E-state index is 12.8. The second kappa shape index (κ2) is 8.71. The molecule has 1 aromatic carbocycles. The number of carbonyl (C=O) groups is 3. The highest BCUT2D eigenvalue weighted by Gasteiger charge is 2.37. The van der Waals surface area contributed by atoms with Gasteiger partial charge in [0.1, 0.15) is 0 Å². The normalized spacial score (nSPS) is 12.4. The van der Waals surface area contributed by atoms with Crippen molar-refractivity contribution in [1.82, 2.24) is 5.43 Å². The minimum absolute atomic E-state index is 0.156. The monoisotopic (exact) mass is 414 g/mol. The number of halogens is 6. The van der Waals surface area contributed by atoms with Crippen LogP contribution < -0.4 is 5.43 Å². The van der Waals surface area contributed by atoms with Crippen LogP contribution in [-0.2, 0) is 31.4 Å². The molecule has 0 aliphatic rings. The number of nitrogens with one attached hydrogen (secondary N) is 1. The Balaban J connectivity index is 3.26. The zero-order chi connectivity index (χ0) is 21.7. The van der Waals surface area contributed by atoms with Gasteiger partial charge in [0.2, 0.25) is 0 Å². The number of alkyl halides is 6. The van der Waals surface area contributed by atoms with Gasteiger partial charge in [-0.1, -0.05) is 0 Å². The summed E-state index contributed by atoms with van der Waals surface area (Å²) in [5.41, 5.74) is -3.52. The number of hydrogen-bond acceptors (Lipinski definition) is 6. The topological polar surface area (TPSA) is 94.1 Å². The zero-order valence-corrected chi connectivity index (χ0v) is 14.2. The molecule has 0 bridgehead atoms. The molecule has 0 heterocycles. The number of ether oxygens (including phenoxy) is 2. The van der Waals surface area contributed by atoms with Crippen molar-refractivity contribution in [2.75, 3.05) is 14.2 Å². The summed E-state index contributed by atoms with van der Waals surface area (Å²) >= 11 is 0. The van der Waals surface area contributed by atoms with E-state index >= 15 is 0 Å². The molecule has 0 aromatic heterocycles. The summed E-state index contributed by atoms with van der Waals surface area (Å²) in [7, 11) is 1.90. The lowest BCUT2D eigenvalue weighted by atomic mass is 10.0. The van der Waals surface area contributed by atoms with Gasteiger partial charge in [0.15, 0.2) is 5.71 Å². The van der Waals surface area contributed by atoms with Crippen molar-refractivity contribution in [1.29, 1.82) is 0 Å². The van der Waals surface area contributed by atoms with Crippen LogP contribution in [0.4, 0.5) is 26.3 Å². The number of hydrazone groups is 1. The van der Waals surface area contributed by atoms with Crippen LogP contribution >= 0.6 is 0 Å². The summed E-state index contributed by atoms with van der Waals surface area (Å²) < 4.78 is 85.4. The number of benzene rings is 1. The van der Waals surface area contributed by atoms with E-state index in [1.165, 1.54) is 0 Å². The van der Waals surface area contributed by atoms with E-state index in [2.05, 4.69) is 14.6 Å². The van der Waals surface area contributed by atoms with Crippen LogP contribution in [0.25, 0.3) is 0 Å². The molecule has 7 nitrogen and oxygen atoms in total. The average molecular weight is 414 g/mol. The van der Waals surface area contributed by atoms with Crippen LogP contribution in [0.1, 0.15) is 27.9 Å². The molecule has 0 unspecified atom stereocenters. The molecule has 28 heavy (non-hydrogen) atoms. The fourth-order valence-corrected chi connectivity index (χ4v) is 1.75. The Bertz CT molecular complexity index is 769. The summed E-state index contributed by atoms with van der Waals surface area (Å²) in [6.45, 7) is 0. The lowest BCUT2D eigenvalue weighted by Gasteiger charge is -2.13. The number of amides is 1. The predicted molar refractivity (Wildman–Crippen MR) is 80.0 cm³/mol. The Morgan fingerprint density at radius 2 is 1.43 bits per heavy atom. The smallest absolute Gasteiger partial charge is 0.416 e. The number of carbonyl (C=O) groups excluding carboxylic acids is 3. The molecule has 0 aliphatic carbocycles. The number of nitrogens with zero attached hydrogens (tertiary/aromatic N) is 1. The van der Waals surface area contributed by atoms with E-state index in [4.69, 9.17) is 0 Å². The molecular weight excluding hydrogens is 402 g/mol. The molecule has 0 saturated heterocycles. The third-order valence-electron chi connectivity index (χ3n) is 3.10. The lowest BCUT2D eigenvalue weighted by molar-refractivity contribution is -0.143. The maximum absolute atomic E-state index is 12.8. The SMILES string of the molecule is COC(=O)C/C(=N\NC(=O)c1cc(C(F)(F)F)cc(C(F)(F)F)c1)C(=O)OC. The van der Waals surface area contributed by atoms with Gasteiger partial charge in [-0.15, -0.1) is 0 Å². The number of methoxy groups -OCH3 is 2. The standard InChI is InChI=1S/C15H12F6N2O5/c1-27-11(24)6-10(13(26)28-2)22-23-12(25)7-3-8(14(16,17)18)5-9(4-7)15(19,20)21/h3-5H,6H2,1-2H3,(H,23,25)/b22-10+. The number of hydrogen-bond donors (Lipinski definition) is 1. The molecule has 13 heteroatoms. The fourth-order valence-electron chi connectivity index (χ4n) is 1.75. The first-order valence-electron chi connectivity index (χ1n) is 7.11. The maximum Gasteiger partial charge on any atom is 0.416 e. The third-order valence-corrected chi connectivity index (χ3v) is 3.10. The Hall–Kier alpha value is -3.12. The van der Waals surface area contributed by atoms with Gasteiger partial charge in [-0.2, -0.15) is 31.4 Å². The Kier molecular flexibility index (Phi) is 7.13. The van der Waals surface area contributed by atoms with E-state index in [-0.39, 0.29) is 18.2 Å². The summed E-state index contributed by atoms with van der Waals surface area (Å²) in [5.74, 6) is -3.62. The van der Waals surface area contributed by atoms with Crippen molar-refractivity contribution < 1.29 is 50.2 Å². The largest absolute Gasteiger partial charge is 0.469 e. The minimum atomic E-state index is -5.15. The van der Waals surface area contributed by atoms with Gasteiger partial charge in [-0.3, -0.25) is 9.59 Å². The molecule has 0 spiro atoms. The highest BCUT2D eigenvalue weighted by molar-refractivity contribution is 6.39. The van der Waals surface area contributed by atoms with E-state index in [0.29, 0.717) is 0 Å². The van der Waals surface area contributed by atoms with E-state index in [0.717, 1.165) is 14.2 Å². The lowest BCUT2D eigenvalue weighted by Crippen LogP contribution is -2.27. The first-order chi connectivity index (χ1) is 12.8. The predicted octanol–water partition coefficient (Wildman–Crippen LogP) is 2.55. The van der Waals surface area contributed by atoms with E-state index < -0.39 is 59.0 Å². The van der Waals surface area contributed by atoms with Crippen LogP contribution in [0.3, 0.4) is 0 Å². The Morgan fingerprint density at radius 1 is 0.929 bits per heavy atom. The Morgan fingerprint density at radius 3 is 1.82 bits per heavy atom. The molecule has 0 fully saturated rings. The van der Waals surface area contributed by atoms with Crippen LogP contribution in [0.2, 0.25) is 0 Å². The molecular formula is C15H12F6N2O5. The van der Waals surface area contributed by atoms with Gasteiger partial charge in [-0.25, -0.2) is 10.2 Å². The first kappa shape index (κ1) is 22.9. The van der Waals surface area contributed by atoms with Crippen LogP contribution in [0.15, 0.2) is 23.3 Å². The van der Waals surface area contributed by atoms with Crippen molar-refractivity contribution in [3.05, 3.63) is 34.9 Å². The number of esters is 2. The van der Waals surface area contributed by atoms with E-state index in [1.54, 1.807) is 5.43 Å². The minimum Gasteiger partial charge on any atom is -0.469 e. The van der Waals surface area contributed by atoms with Crippen LogP contribution in [0, 0.1) is 0 Å². The van der Waals surface area contributed by atoms with Gasteiger partial charge < -0.3 is 9.47 Å². The second-order valence-electron chi connectivity index (χ2n) is 5.04.